The van der Waals surface area contributed by atoms with Crippen LogP contribution < -0.4 is 5.32 Å². The van der Waals surface area contributed by atoms with E-state index in [4.69, 9.17) is 4.42 Å². The number of furan rings is 1. The number of nitrogens with zero attached hydrogens (tertiary/aromatic N) is 2. The summed E-state index contributed by atoms with van der Waals surface area (Å²) in [6.07, 6.45) is 5.65. The Morgan fingerprint density at radius 3 is 3.30 bits per heavy atom. The Labute approximate surface area is 117 Å². The number of nitrogens with one attached hydrogen (secondary N) is 1. The molecule has 3 atom stereocenters. The molecule has 2 saturated heterocycles. The lowest BCUT2D eigenvalue weighted by molar-refractivity contribution is 0.0904. The number of aromatic nitrogens is 1. The third-order valence-corrected chi connectivity index (χ3v) is 4.37. The van der Waals surface area contributed by atoms with E-state index in [9.17, 15) is 4.79 Å². The molecule has 0 aromatic carbocycles. The Morgan fingerprint density at radius 1 is 1.45 bits per heavy atom. The summed E-state index contributed by atoms with van der Waals surface area (Å²) in [5.41, 5.74) is 1.14. The molecule has 0 saturated carbocycles. The minimum absolute atomic E-state index is 0.101. The van der Waals surface area contributed by atoms with Gasteiger partial charge >= 0.3 is 0 Å². The van der Waals surface area contributed by atoms with Gasteiger partial charge in [0.05, 0.1) is 6.26 Å². The summed E-state index contributed by atoms with van der Waals surface area (Å²) in [6, 6.07) is 3.80. The lowest BCUT2D eigenvalue weighted by atomic mass is 9.97. The number of pyridine rings is 1. The van der Waals surface area contributed by atoms with Gasteiger partial charge in [-0.25, -0.2) is 0 Å². The van der Waals surface area contributed by atoms with Crippen LogP contribution >= 0.6 is 0 Å². The van der Waals surface area contributed by atoms with Crippen molar-refractivity contribution in [2.24, 2.45) is 5.92 Å². The Bertz CT molecular complexity index is 639. The molecule has 2 fully saturated rings. The maximum atomic E-state index is 12.3. The van der Waals surface area contributed by atoms with E-state index < -0.39 is 0 Å². The molecule has 4 rings (SSSR count). The van der Waals surface area contributed by atoms with Crippen molar-refractivity contribution < 1.29 is 9.21 Å². The molecule has 2 aliphatic heterocycles. The summed E-state index contributed by atoms with van der Waals surface area (Å²) in [6.45, 7) is 3.34. The summed E-state index contributed by atoms with van der Waals surface area (Å²) in [5.74, 6) is 0.644. The van der Waals surface area contributed by atoms with Crippen molar-refractivity contribution >= 4 is 16.9 Å². The molecule has 104 valence electrons. The first-order chi connectivity index (χ1) is 9.78. The van der Waals surface area contributed by atoms with Gasteiger partial charge in [-0.1, -0.05) is 0 Å². The number of hydrogen-bond donors (Lipinski definition) is 1. The van der Waals surface area contributed by atoms with Gasteiger partial charge < -0.3 is 14.6 Å². The number of rotatable bonds is 2. The Hall–Kier alpha value is -1.88. The summed E-state index contributed by atoms with van der Waals surface area (Å²) < 4.78 is 5.31. The van der Waals surface area contributed by atoms with Gasteiger partial charge in [0.25, 0.3) is 5.91 Å². The molecule has 2 aliphatic rings. The van der Waals surface area contributed by atoms with E-state index in [1.807, 2.05) is 6.07 Å². The van der Waals surface area contributed by atoms with Crippen molar-refractivity contribution in [3.05, 3.63) is 30.3 Å². The highest BCUT2D eigenvalue weighted by Gasteiger charge is 2.33. The minimum atomic E-state index is -0.101. The van der Waals surface area contributed by atoms with E-state index in [1.54, 1.807) is 18.5 Å². The van der Waals surface area contributed by atoms with Crippen molar-refractivity contribution in [2.75, 3.05) is 19.6 Å². The average molecular weight is 271 g/mol. The fourth-order valence-electron chi connectivity index (χ4n) is 3.40. The van der Waals surface area contributed by atoms with Gasteiger partial charge in [0.15, 0.2) is 0 Å². The number of piperidine rings is 1. The highest BCUT2D eigenvalue weighted by atomic mass is 16.3. The summed E-state index contributed by atoms with van der Waals surface area (Å²) in [5, 5.41) is 4.03. The van der Waals surface area contributed by atoms with Crippen LogP contribution in [0, 0.1) is 5.92 Å². The monoisotopic (exact) mass is 271 g/mol. The van der Waals surface area contributed by atoms with Gasteiger partial charge in [-0.3, -0.25) is 9.78 Å². The fraction of sp³-hybridized carbons (Fsp3) is 0.467. The smallest absolute Gasteiger partial charge is 0.270 e. The SMILES string of the molecule is O=C(N[C@@H]1C[C@@H]2CCN(C2)C1)c1cc2occc2cn1. The van der Waals surface area contributed by atoms with Crippen LogP contribution in [0.5, 0.6) is 0 Å². The molecule has 4 heterocycles. The van der Waals surface area contributed by atoms with E-state index in [2.05, 4.69) is 15.2 Å². The lowest BCUT2D eigenvalue weighted by Gasteiger charge is -2.30. The number of carbonyl (C=O) groups is 1. The molecule has 1 unspecified atom stereocenters. The first-order valence-electron chi connectivity index (χ1n) is 7.14. The van der Waals surface area contributed by atoms with E-state index in [-0.39, 0.29) is 11.9 Å². The minimum Gasteiger partial charge on any atom is -0.464 e. The summed E-state index contributed by atoms with van der Waals surface area (Å²) in [4.78, 5) is 18.9. The first kappa shape index (κ1) is 11.9. The van der Waals surface area contributed by atoms with Crippen molar-refractivity contribution in [1.82, 2.24) is 15.2 Å². The zero-order chi connectivity index (χ0) is 13.5. The van der Waals surface area contributed by atoms with Crippen molar-refractivity contribution in [1.29, 1.82) is 0 Å². The predicted octanol–water partition coefficient (Wildman–Crippen LogP) is 1.65. The molecule has 1 amide bonds. The van der Waals surface area contributed by atoms with Gasteiger partial charge in [-0.2, -0.15) is 0 Å². The van der Waals surface area contributed by atoms with Gasteiger partial charge in [0.2, 0.25) is 0 Å². The van der Waals surface area contributed by atoms with Crippen LogP contribution in [0.3, 0.4) is 0 Å². The zero-order valence-corrected chi connectivity index (χ0v) is 11.2. The number of hydrogen-bond acceptors (Lipinski definition) is 4. The maximum absolute atomic E-state index is 12.3. The van der Waals surface area contributed by atoms with Gasteiger partial charge in [0, 0.05) is 36.8 Å². The van der Waals surface area contributed by atoms with Crippen LogP contribution in [0.15, 0.2) is 29.0 Å². The second kappa shape index (κ2) is 4.59. The van der Waals surface area contributed by atoms with Gasteiger partial charge in [-0.15, -0.1) is 0 Å². The van der Waals surface area contributed by atoms with Crippen LogP contribution in [-0.2, 0) is 0 Å². The molecular weight excluding hydrogens is 254 g/mol. The van der Waals surface area contributed by atoms with Crippen molar-refractivity contribution in [2.45, 2.75) is 18.9 Å². The van der Waals surface area contributed by atoms with E-state index in [0.29, 0.717) is 11.3 Å². The number of carbonyl (C=O) groups excluding carboxylic acids is 1. The molecule has 0 radical (unpaired) electrons. The Kier molecular flexibility index (Phi) is 2.73. The topological polar surface area (TPSA) is 58.4 Å². The summed E-state index contributed by atoms with van der Waals surface area (Å²) in [7, 11) is 0. The quantitative estimate of drug-likeness (QED) is 0.902. The largest absolute Gasteiger partial charge is 0.464 e. The van der Waals surface area contributed by atoms with Crippen LogP contribution in [0.25, 0.3) is 11.0 Å². The number of fused-ring (bicyclic) bond motifs is 3. The highest BCUT2D eigenvalue weighted by Crippen LogP contribution is 2.26. The Balaban J connectivity index is 1.49. The van der Waals surface area contributed by atoms with Gasteiger partial charge in [0.1, 0.15) is 11.3 Å². The molecular formula is C15H17N3O2. The molecule has 1 N–H and O–H groups in total. The second-order valence-electron chi connectivity index (χ2n) is 5.85. The van der Waals surface area contributed by atoms with Crippen LogP contribution in [0.1, 0.15) is 23.3 Å². The molecule has 2 aromatic heterocycles. The normalized spacial score (nSPS) is 28.7. The third kappa shape index (κ3) is 2.08. The number of amides is 1. The Morgan fingerprint density at radius 2 is 2.40 bits per heavy atom. The summed E-state index contributed by atoms with van der Waals surface area (Å²) >= 11 is 0. The molecule has 2 bridgehead atoms. The predicted molar refractivity (Wildman–Crippen MR) is 74.4 cm³/mol. The molecule has 5 nitrogen and oxygen atoms in total. The first-order valence-corrected chi connectivity index (χ1v) is 7.14. The molecule has 20 heavy (non-hydrogen) atoms. The van der Waals surface area contributed by atoms with Crippen LogP contribution in [0.2, 0.25) is 0 Å². The lowest BCUT2D eigenvalue weighted by Crippen LogP contribution is -2.47. The van der Waals surface area contributed by atoms with Crippen LogP contribution in [0.4, 0.5) is 0 Å². The maximum Gasteiger partial charge on any atom is 0.270 e. The van der Waals surface area contributed by atoms with Gasteiger partial charge in [-0.05, 0) is 31.4 Å². The highest BCUT2D eigenvalue weighted by molar-refractivity contribution is 5.95. The van der Waals surface area contributed by atoms with E-state index in [0.717, 1.165) is 24.3 Å². The van der Waals surface area contributed by atoms with E-state index in [1.165, 1.54) is 19.5 Å². The van der Waals surface area contributed by atoms with Crippen molar-refractivity contribution in [3.8, 4) is 0 Å². The van der Waals surface area contributed by atoms with Crippen LogP contribution in [-0.4, -0.2) is 41.5 Å². The second-order valence-corrected chi connectivity index (χ2v) is 5.85. The molecule has 5 heteroatoms. The average Bonchev–Trinajstić information content (AvgIpc) is 3.04. The molecule has 0 spiro atoms. The van der Waals surface area contributed by atoms with Crippen molar-refractivity contribution in [3.63, 3.8) is 0 Å². The van der Waals surface area contributed by atoms with E-state index >= 15 is 0 Å². The molecule has 0 aliphatic carbocycles. The third-order valence-electron chi connectivity index (χ3n) is 4.37. The molecule has 2 aromatic rings. The fourth-order valence-corrected chi connectivity index (χ4v) is 3.40. The standard InChI is InChI=1S/C15H17N3O2/c19-15(13-6-14-11(7-16-13)2-4-20-14)17-12-5-10-1-3-18(8-10)9-12/h2,4,6-7,10,12H,1,3,5,8-9H2,(H,17,19)/t10-,12+/m0/s1. The zero-order valence-electron chi connectivity index (χ0n) is 11.2.